The van der Waals surface area contributed by atoms with Crippen LogP contribution in [0, 0.1) is 0 Å². The Morgan fingerprint density at radius 1 is 0.500 bits per heavy atom. The molecule has 0 bridgehead atoms. The zero-order valence-electron chi connectivity index (χ0n) is 17.7. The van der Waals surface area contributed by atoms with Crippen LogP contribution in [0.2, 0.25) is 0 Å². The van der Waals surface area contributed by atoms with Gasteiger partial charge in [-0.25, -0.2) is 0 Å². The van der Waals surface area contributed by atoms with E-state index in [9.17, 15) is 15.3 Å². The molecule has 0 heterocycles. The van der Waals surface area contributed by atoms with Crippen LogP contribution < -0.4 is 0 Å². The van der Waals surface area contributed by atoms with Gasteiger partial charge in [0.25, 0.3) is 0 Å². The van der Waals surface area contributed by atoms with E-state index in [4.69, 9.17) is 0 Å². The van der Waals surface area contributed by atoms with Gasteiger partial charge in [-0.1, -0.05) is 90.9 Å². The number of rotatable bonds is 20. The maximum Gasteiger partial charge on any atom is 0.0906 e. The van der Waals surface area contributed by atoms with E-state index in [1.807, 2.05) is 0 Å². The highest BCUT2D eigenvalue weighted by Gasteiger charge is 2.34. The second-order valence-electron chi connectivity index (χ2n) is 7.93. The van der Waals surface area contributed by atoms with E-state index >= 15 is 0 Å². The fraction of sp³-hybridized carbons (Fsp3) is 1.00. The summed E-state index contributed by atoms with van der Waals surface area (Å²) in [6.45, 7) is 5.61. The monoisotopic (exact) mass is 373 g/mol. The molecule has 0 saturated carbocycles. The minimum Gasteiger partial charge on any atom is -0.394 e. The Kier molecular flexibility index (Phi) is 18.1. The molecule has 0 aliphatic rings. The predicted molar refractivity (Wildman–Crippen MR) is 112 cm³/mol. The van der Waals surface area contributed by atoms with Crippen LogP contribution in [-0.4, -0.2) is 58.7 Å². The molecule has 0 fully saturated rings. The van der Waals surface area contributed by atoms with E-state index in [2.05, 4.69) is 18.7 Å². The number of hydrogen-bond donors (Lipinski definition) is 3. The Morgan fingerprint density at radius 2 is 0.808 bits per heavy atom. The summed E-state index contributed by atoms with van der Waals surface area (Å²) in [7, 11) is 0. The van der Waals surface area contributed by atoms with Crippen LogP contribution in [0.15, 0.2) is 0 Å². The second-order valence-corrected chi connectivity index (χ2v) is 7.93. The molecule has 0 atom stereocenters. The molecule has 0 aliphatic carbocycles. The van der Waals surface area contributed by atoms with Gasteiger partial charge in [0.2, 0.25) is 0 Å². The SMILES string of the molecule is CCCCCCCCCN(CCCCCCCCC)C(CO)(CO)CO. The summed E-state index contributed by atoms with van der Waals surface area (Å²) in [6, 6.07) is 0. The van der Waals surface area contributed by atoms with E-state index in [1.165, 1.54) is 77.0 Å². The van der Waals surface area contributed by atoms with E-state index in [0.717, 1.165) is 25.9 Å². The van der Waals surface area contributed by atoms with Crippen LogP contribution in [0.1, 0.15) is 104 Å². The lowest BCUT2D eigenvalue weighted by Gasteiger charge is -2.40. The van der Waals surface area contributed by atoms with Gasteiger partial charge in [0, 0.05) is 0 Å². The smallest absolute Gasteiger partial charge is 0.0906 e. The van der Waals surface area contributed by atoms with Crippen molar-refractivity contribution in [2.75, 3.05) is 32.9 Å². The topological polar surface area (TPSA) is 63.9 Å². The van der Waals surface area contributed by atoms with Crippen molar-refractivity contribution in [2.24, 2.45) is 0 Å². The lowest BCUT2D eigenvalue weighted by atomic mass is 9.98. The molecule has 0 radical (unpaired) electrons. The first kappa shape index (κ1) is 25.8. The first-order chi connectivity index (χ1) is 12.7. The molecule has 0 spiro atoms. The summed E-state index contributed by atoms with van der Waals surface area (Å²) in [5.41, 5.74) is -0.871. The van der Waals surface area contributed by atoms with Crippen LogP contribution in [0.25, 0.3) is 0 Å². The molecule has 0 amide bonds. The first-order valence-electron chi connectivity index (χ1n) is 11.3. The zero-order chi connectivity index (χ0) is 19.5. The van der Waals surface area contributed by atoms with Crippen molar-refractivity contribution in [3.63, 3.8) is 0 Å². The Balaban J connectivity index is 4.22. The zero-order valence-corrected chi connectivity index (χ0v) is 17.7. The largest absolute Gasteiger partial charge is 0.394 e. The summed E-state index contributed by atoms with van der Waals surface area (Å²) in [5.74, 6) is 0. The van der Waals surface area contributed by atoms with E-state index < -0.39 is 5.54 Å². The molecule has 4 heteroatoms. The molecule has 26 heavy (non-hydrogen) atoms. The standard InChI is InChI=1S/C22H47NO3/c1-3-5-7-9-11-13-15-17-23(22(19-24,20-25)21-26)18-16-14-12-10-8-6-4-2/h24-26H,3-21H2,1-2H3. The summed E-state index contributed by atoms with van der Waals surface area (Å²) < 4.78 is 0. The van der Waals surface area contributed by atoms with E-state index in [0.29, 0.717) is 0 Å². The number of aliphatic hydroxyl groups is 3. The van der Waals surface area contributed by atoms with Crippen LogP contribution in [-0.2, 0) is 0 Å². The van der Waals surface area contributed by atoms with E-state index in [1.54, 1.807) is 0 Å². The average Bonchev–Trinajstić information content (AvgIpc) is 2.67. The predicted octanol–water partition coefficient (Wildman–Crippen LogP) is 4.51. The molecule has 0 saturated heterocycles. The van der Waals surface area contributed by atoms with Crippen molar-refractivity contribution in [3.05, 3.63) is 0 Å². The number of nitrogens with zero attached hydrogens (tertiary/aromatic N) is 1. The maximum absolute atomic E-state index is 9.78. The summed E-state index contributed by atoms with van der Waals surface area (Å²) in [4.78, 5) is 2.14. The number of aliphatic hydroxyl groups excluding tert-OH is 3. The van der Waals surface area contributed by atoms with Gasteiger partial charge < -0.3 is 15.3 Å². The minimum atomic E-state index is -0.871. The molecule has 0 rings (SSSR count). The molecule has 0 aromatic rings. The Morgan fingerprint density at radius 3 is 1.12 bits per heavy atom. The van der Waals surface area contributed by atoms with Crippen LogP contribution >= 0.6 is 0 Å². The van der Waals surface area contributed by atoms with Crippen molar-refractivity contribution in [2.45, 2.75) is 109 Å². The lowest BCUT2D eigenvalue weighted by Crippen LogP contribution is -2.57. The fourth-order valence-corrected chi connectivity index (χ4v) is 3.56. The average molecular weight is 374 g/mol. The van der Waals surface area contributed by atoms with Gasteiger partial charge in [-0.3, -0.25) is 4.90 Å². The normalized spacial score (nSPS) is 12.2. The summed E-state index contributed by atoms with van der Waals surface area (Å²) >= 11 is 0. The molecule has 4 nitrogen and oxygen atoms in total. The Labute approximate surface area is 163 Å². The molecular formula is C22H47NO3. The lowest BCUT2D eigenvalue weighted by molar-refractivity contribution is -0.0491. The van der Waals surface area contributed by atoms with Gasteiger partial charge in [-0.2, -0.15) is 0 Å². The first-order valence-corrected chi connectivity index (χ1v) is 11.3. The third-order valence-electron chi connectivity index (χ3n) is 5.62. The Hall–Kier alpha value is -0.160. The van der Waals surface area contributed by atoms with Gasteiger partial charge in [-0.15, -0.1) is 0 Å². The van der Waals surface area contributed by atoms with Gasteiger partial charge in [-0.05, 0) is 25.9 Å². The third-order valence-corrected chi connectivity index (χ3v) is 5.62. The fourth-order valence-electron chi connectivity index (χ4n) is 3.56. The van der Waals surface area contributed by atoms with Crippen LogP contribution in [0.3, 0.4) is 0 Å². The van der Waals surface area contributed by atoms with Crippen LogP contribution in [0.5, 0.6) is 0 Å². The van der Waals surface area contributed by atoms with Crippen molar-refractivity contribution in [1.29, 1.82) is 0 Å². The van der Waals surface area contributed by atoms with Gasteiger partial charge >= 0.3 is 0 Å². The molecular weight excluding hydrogens is 326 g/mol. The quantitative estimate of drug-likeness (QED) is 0.275. The van der Waals surface area contributed by atoms with Crippen molar-refractivity contribution in [3.8, 4) is 0 Å². The molecule has 0 aliphatic heterocycles. The van der Waals surface area contributed by atoms with Crippen molar-refractivity contribution in [1.82, 2.24) is 4.90 Å². The highest BCUT2D eigenvalue weighted by molar-refractivity contribution is 4.89. The van der Waals surface area contributed by atoms with Crippen molar-refractivity contribution < 1.29 is 15.3 Å². The van der Waals surface area contributed by atoms with Gasteiger partial charge in [0.05, 0.1) is 25.4 Å². The van der Waals surface area contributed by atoms with Crippen LogP contribution in [0.4, 0.5) is 0 Å². The number of hydrogen-bond acceptors (Lipinski definition) is 4. The Bertz CT molecular complexity index is 256. The molecule has 0 aromatic carbocycles. The van der Waals surface area contributed by atoms with Gasteiger partial charge in [0.1, 0.15) is 0 Å². The van der Waals surface area contributed by atoms with Gasteiger partial charge in [0.15, 0.2) is 0 Å². The molecule has 158 valence electrons. The summed E-state index contributed by atoms with van der Waals surface area (Å²) in [5, 5.41) is 29.4. The molecule has 3 N–H and O–H groups in total. The molecule has 0 unspecified atom stereocenters. The van der Waals surface area contributed by atoms with Crippen molar-refractivity contribution >= 4 is 0 Å². The number of unbranched alkanes of at least 4 members (excludes halogenated alkanes) is 12. The third kappa shape index (κ3) is 11.5. The maximum atomic E-state index is 9.78. The highest BCUT2D eigenvalue weighted by Crippen LogP contribution is 2.18. The minimum absolute atomic E-state index is 0.188. The second kappa shape index (κ2) is 18.2. The summed E-state index contributed by atoms with van der Waals surface area (Å²) in [6.07, 6.45) is 17.5. The van der Waals surface area contributed by atoms with E-state index in [-0.39, 0.29) is 19.8 Å². The molecule has 0 aromatic heterocycles. The highest BCUT2D eigenvalue weighted by atomic mass is 16.3.